The number of hydrogen-bond acceptors (Lipinski definition) is 6. The third kappa shape index (κ3) is 13.7. The zero-order valence-corrected chi connectivity index (χ0v) is 32.8. The predicted molar refractivity (Wildman–Crippen MR) is 201 cm³/mol. The first-order valence-electron chi connectivity index (χ1n) is 18.9. The fourth-order valence-electron chi connectivity index (χ4n) is 7.08. The van der Waals surface area contributed by atoms with Gasteiger partial charge in [0.15, 0.2) is 0 Å². The Labute approximate surface area is 280 Å². The van der Waals surface area contributed by atoms with E-state index in [1.807, 2.05) is 18.2 Å². The molecule has 0 aromatic carbocycles. The summed E-state index contributed by atoms with van der Waals surface area (Å²) >= 11 is 0. The molecule has 0 heterocycles. The summed E-state index contributed by atoms with van der Waals surface area (Å²) in [6.45, 7) is 12.1. The predicted octanol–water partition coefficient (Wildman–Crippen LogP) is 11.7. The van der Waals surface area contributed by atoms with Gasteiger partial charge in [0.05, 0.1) is 0 Å². The van der Waals surface area contributed by atoms with Gasteiger partial charge in [0.25, 0.3) is 0 Å². The summed E-state index contributed by atoms with van der Waals surface area (Å²) in [5, 5.41) is 30.5. The first-order chi connectivity index (χ1) is 21.6. The van der Waals surface area contributed by atoms with Crippen LogP contribution in [0.5, 0.6) is 0 Å². The van der Waals surface area contributed by atoms with Gasteiger partial charge in [-0.3, -0.25) is 0 Å². The van der Waals surface area contributed by atoms with Gasteiger partial charge in [-0.1, -0.05) is 0 Å². The molecular weight excluding hydrogens is 595 g/mol. The Balaban J connectivity index is 7.80. The fraction of sp³-hybridized carbons (Fsp3) is 0.917. The van der Waals surface area contributed by atoms with Crippen molar-refractivity contribution >= 4 is 21.0 Å². The van der Waals surface area contributed by atoms with Gasteiger partial charge in [0, 0.05) is 0 Å². The quantitative estimate of drug-likeness (QED) is 0.0558. The van der Waals surface area contributed by atoms with E-state index in [0.29, 0.717) is 0 Å². The molecule has 0 rings (SSSR count). The Morgan fingerprint density at radius 3 is 0.778 bits per heavy atom. The van der Waals surface area contributed by atoms with Gasteiger partial charge >= 0.3 is 282 Å². The zero-order valence-electron chi connectivity index (χ0n) is 31.0. The molecule has 0 aliphatic rings. The average molecular weight is 668 g/mol. The van der Waals surface area contributed by atoms with E-state index in [1.165, 1.54) is 0 Å². The van der Waals surface area contributed by atoms with Crippen molar-refractivity contribution < 1.29 is 13.5 Å². The first-order valence-corrected chi connectivity index (χ1v) is 24.7. The molecular formula is C36H72BN3O3P2. The Morgan fingerprint density at radius 1 is 0.422 bits per heavy atom. The van der Waals surface area contributed by atoms with Crippen LogP contribution in [0.4, 0.5) is 0 Å². The van der Waals surface area contributed by atoms with Crippen LogP contribution in [0.1, 0.15) is 158 Å². The molecule has 0 aromatic rings. The maximum absolute atomic E-state index is 10.2. The van der Waals surface area contributed by atoms with Crippen LogP contribution in [0.2, 0.25) is 0 Å². The molecule has 0 fully saturated rings. The molecule has 0 aliphatic heterocycles. The Morgan fingerprint density at radius 2 is 0.622 bits per heavy atom. The molecule has 0 N–H and O–H groups in total. The Bertz CT molecular complexity index is 759. The van der Waals surface area contributed by atoms with Gasteiger partial charge in [0.1, 0.15) is 0 Å². The van der Waals surface area contributed by atoms with Crippen LogP contribution in [0, 0.1) is 34.0 Å². The fourth-order valence-corrected chi connectivity index (χ4v) is 20.7. The molecule has 6 nitrogen and oxygen atoms in total. The second-order valence-corrected chi connectivity index (χ2v) is 25.4. The zero-order chi connectivity index (χ0) is 34.2. The molecule has 0 amide bonds. The summed E-state index contributed by atoms with van der Waals surface area (Å²) in [7, 11) is -1.19. The summed E-state index contributed by atoms with van der Waals surface area (Å²) < 4.78 is 21.7. The topological polar surface area (TPSA) is 99.1 Å². The van der Waals surface area contributed by atoms with Crippen molar-refractivity contribution in [3.8, 4) is 18.2 Å². The second-order valence-electron chi connectivity index (χ2n) is 14.0. The van der Waals surface area contributed by atoms with E-state index < -0.39 is 26.6 Å². The molecule has 0 radical (unpaired) electrons. The van der Waals surface area contributed by atoms with Gasteiger partial charge in [-0.2, -0.15) is 0 Å². The van der Waals surface area contributed by atoms with E-state index in [1.54, 1.807) is 0 Å². The van der Waals surface area contributed by atoms with Crippen LogP contribution in [0.15, 0.2) is 0 Å². The van der Waals surface area contributed by atoms with Gasteiger partial charge in [0.2, 0.25) is 0 Å². The SMILES string of the molecule is CCCCP(CCCC)(CCCC)(CCCC)OB(OC(C#N)(C#N)C#N)OP(CCCC)(CCCC)(CCCC)CCCC. The van der Waals surface area contributed by atoms with Gasteiger partial charge in [-0.15, -0.1) is 0 Å². The van der Waals surface area contributed by atoms with Crippen LogP contribution < -0.4 is 0 Å². The summed E-state index contributed by atoms with van der Waals surface area (Å²) in [4.78, 5) is 0. The van der Waals surface area contributed by atoms with Crippen molar-refractivity contribution in [2.24, 2.45) is 0 Å². The van der Waals surface area contributed by atoms with Crippen LogP contribution in [-0.2, 0) is 13.5 Å². The van der Waals surface area contributed by atoms with Crippen molar-refractivity contribution in [3.05, 3.63) is 0 Å². The van der Waals surface area contributed by atoms with Crippen LogP contribution >= 0.6 is 13.7 Å². The number of rotatable bonds is 30. The minimum atomic E-state index is -2.96. The van der Waals surface area contributed by atoms with Crippen molar-refractivity contribution in [1.29, 1.82) is 15.8 Å². The molecule has 0 aliphatic carbocycles. The molecule has 0 bridgehead atoms. The third-order valence-corrected chi connectivity index (χ3v) is 23.2. The van der Waals surface area contributed by atoms with Gasteiger partial charge < -0.3 is 0 Å². The summed E-state index contributed by atoms with van der Waals surface area (Å²) in [6.07, 6.45) is 25.3. The van der Waals surface area contributed by atoms with Crippen molar-refractivity contribution in [2.45, 2.75) is 164 Å². The molecule has 0 unspecified atom stereocenters. The Kier molecular flexibility index (Phi) is 22.4. The van der Waals surface area contributed by atoms with Crippen molar-refractivity contribution in [3.63, 3.8) is 0 Å². The maximum atomic E-state index is 10.2. The van der Waals surface area contributed by atoms with Crippen LogP contribution in [0.25, 0.3) is 0 Å². The summed E-state index contributed by atoms with van der Waals surface area (Å²) in [5.74, 6) is 0. The number of hydrogen-bond donors (Lipinski definition) is 0. The first kappa shape index (κ1) is 44.3. The van der Waals surface area contributed by atoms with Crippen LogP contribution in [-0.4, -0.2) is 62.2 Å². The summed E-state index contributed by atoms with van der Waals surface area (Å²) in [6, 6.07) is 5.74. The molecule has 0 atom stereocenters. The van der Waals surface area contributed by atoms with E-state index in [4.69, 9.17) is 13.5 Å². The molecule has 9 heteroatoms. The van der Waals surface area contributed by atoms with E-state index in [9.17, 15) is 15.8 Å². The van der Waals surface area contributed by atoms with Crippen LogP contribution in [0.3, 0.4) is 0 Å². The second kappa shape index (κ2) is 22.8. The normalized spacial score (nSPS) is 14.0. The third-order valence-electron chi connectivity index (χ3n) is 10.1. The summed E-state index contributed by atoms with van der Waals surface area (Å²) in [5.41, 5.74) is -2.28. The number of unbranched alkanes of at least 4 members (excludes halogenated alkanes) is 8. The molecule has 262 valence electrons. The standard InChI is InChI=1S/C36H72BN3O3P2/c1-9-17-25-44(26-18-10-2,27-19-11-3,28-20-12-4)42-37(41-36(33-38,34-39)35-40)43-45(29-21-13-5,30-22-14-6,31-23-15-7)32-24-16-8/h9-32H2,1-8H3. The van der Waals surface area contributed by atoms with Crippen molar-refractivity contribution in [1.82, 2.24) is 0 Å². The number of nitrogens with zero attached hydrogens (tertiary/aromatic N) is 3. The molecule has 0 spiro atoms. The molecule has 0 saturated carbocycles. The monoisotopic (exact) mass is 668 g/mol. The Hall–Kier alpha value is -0.725. The van der Waals surface area contributed by atoms with E-state index in [0.717, 1.165) is 152 Å². The van der Waals surface area contributed by atoms with Gasteiger partial charge in [-0.25, -0.2) is 0 Å². The van der Waals surface area contributed by atoms with E-state index in [-0.39, 0.29) is 0 Å². The van der Waals surface area contributed by atoms with E-state index >= 15 is 0 Å². The number of nitriles is 3. The minimum absolute atomic E-state index is 1.01. The average Bonchev–Trinajstić information content (AvgIpc) is 3.07. The van der Waals surface area contributed by atoms with Crippen molar-refractivity contribution in [2.75, 3.05) is 49.3 Å². The molecule has 0 saturated heterocycles. The molecule has 0 aromatic heterocycles. The van der Waals surface area contributed by atoms with E-state index in [2.05, 4.69) is 55.4 Å². The van der Waals surface area contributed by atoms with Gasteiger partial charge in [-0.05, 0) is 0 Å². The molecule has 45 heavy (non-hydrogen) atoms.